The number of hydrogen-bond donors (Lipinski definition) is 1. The highest BCUT2D eigenvalue weighted by Crippen LogP contribution is 2.31. The first kappa shape index (κ1) is 22.2. The molecule has 1 aliphatic heterocycles. The van der Waals surface area contributed by atoms with Gasteiger partial charge < -0.3 is 14.3 Å². The smallest absolute Gasteiger partial charge is 0.338 e. The van der Waals surface area contributed by atoms with Crippen molar-refractivity contribution < 1.29 is 28.6 Å². The monoisotopic (exact) mass is 508 g/mol. The summed E-state index contributed by atoms with van der Waals surface area (Å²) in [4.78, 5) is 36.4. The Hall–Kier alpha value is -3.98. The van der Waals surface area contributed by atoms with E-state index < -0.39 is 17.8 Å². The van der Waals surface area contributed by atoms with E-state index in [-0.39, 0.29) is 5.56 Å². The molecule has 0 atom stereocenters. The van der Waals surface area contributed by atoms with Crippen LogP contribution < -0.4 is 5.01 Å². The van der Waals surface area contributed by atoms with Crippen LogP contribution in [0.25, 0.3) is 17.4 Å². The van der Waals surface area contributed by atoms with Gasteiger partial charge in [0.05, 0.1) is 35.2 Å². The summed E-state index contributed by atoms with van der Waals surface area (Å²) in [5, 5.41) is 14.6. The van der Waals surface area contributed by atoms with Gasteiger partial charge >= 0.3 is 11.9 Å². The van der Waals surface area contributed by atoms with E-state index in [1.165, 1.54) is 19.2 Å². The zero-order valence-corrected chi connectivity index (χ0v) is 19.1. The number of aromatic carboxylic acids is 1. The largest absolute Gasteiger partial charge is 0.478 e. The molecule has 8 nitrogen and oxygen atoms in total. The second kappa shape index (κ2) is 8.87. The number of amides is 1. The van der Waals surface area contributed by atoms with Crippen molar-refractivity contribution >= 4 is 51.3 Å². The van der Waals surface area contributed by atoms with Crippen molar-refractivity contribution in [2.45, 2.75) is 6.92 Å². The highest BCUT2D eigenvalue weighted by Gasteiger charge is 2.29. The van der Waals surface area contributed by atoms with Crippen LogP contribution in [0.4, 0.5) is 5.69 Å². The minimum Gasteiger partial charge on any atom is -0.478 e. The van der Waals surface area contributed by atoms with Crippen molar-refractivity contribution in [2.24, 2.45) is 5.10 Å². The van der Waals surface area contributed by atoms with Crippen LogP contribution in [-0.2, 0) is 9.53 Å². The zero-order valence-electron chi connectivity index (χ0n) is 17.5. The molecule has 1 N–H and O–H groups in total. The molecule has 0 saturated heterocycles. The third-order valence-electron chi connectivity index (χ3n) is 4.97. The summed E-state index contributed by atoms with van der Waals surface area (Å²) in [6, 6.07) is 14.5. The van der Waals surface area contributed by atoms with E-state index in [1.807, 2.05) is 0 Å². The van der Waals surface area contributed by atoms with Gasteiger partial charge in [0.15, 0.2) is 0 Å². The third kappa shape index (κ3) is 4.35. The summed E-state index contributed by atoms with van der Waals surface area (Å²) < 4.78 is 11.5. The number of carbonyl (C=O) groups excluding carboxylic acids is 2. The van der Waals surface area contributed by atoms with Crippen LogP contribution in [0.1, 0.15) is 33.4 Å². The lowest BCUT2D eigenvalue weighted by molar-refractivity contribution is -0.114. The van der Waals surface area contributed by atoms with Crippen molar-refractivity contribution in [1.82, 2.24) is 0 Å². The Morgan fingerprint density at radius 2 is 1.94 bits per heavy atom. The summed E-state index contributed by atoms with van der Waals surface area (Å²) in [7, 11) is 1.30. The molecular weight excluding hydrogens is 492 g/mol. The van der Waals surface area contributed by atoms with E-state index in [2.05, 4.69) is 21.0 Å². The van der Waals surface area contributed by atoms with Crippen LogP contribution in [0.2, 0.25) is 0 Å². The molecule has 1 aliphatic rings. The van der Waals surface area contributed by atoms with Crippen LogP contribution >= 0.6 is 15.9 Å². The minimum absolute atomic E-state index is 0.0529. The van der Waals surface area contributed by atoms with Gasteiger partial charge in [-0.1, -0.05) is 22.0 Å². The molecule has 0 bridgehead atoms. The molecule has 1 aromatic heterocycles. The zero-order chi connectivity index (χ0) is 23.7. The fourth-order valence-electron chi connectivity index (χ4n) is 3.36. The number of esters is 1. The van der Waals surface area contributed by atoms with Gasteiger partial charge in [-0.25, -0.2) is 9.59 Å². The number of anilines is 1. The predicted molar refractivity (Wildman–Crippen MR) is 125 cm³/mol. The van der Waals surface area contributed by atoms with E-state index in [9.17, 15) is 19.5 Å². The van der Waals surface area contributed by atoms with Crippen molar-refractivity contribution in [3.05, 3.63) is 81.5 Å². The molecule has 2 heterocycles. The fourth-order valence-corrected chi connectivity index (χ4v) is 3.72. The van der Waals surface area contributed by atoms with Crippen molar-refractivity contribution in [3.8, 4) is 11.3 Å². The number of rotatable bonds is 5. The van der Waals surface area contributed by atoms with Crippen molar-refractivity contribution in [1.29, 1.82) is 0 Å². The molecule has 166 valence electrons. The summed E-state index contributed by atoms with van der Waals surface area (Å²) in [5.74, 6) is -1.19. The number of ether oxygens (including phenoxy) is 1. The van der Waals surface area contributed by atoms with Gasteiger partial charge in [0, 0.05) is 10.0 Å². The Kier molecular flexibility index (Phi) is 5.97. The minimum atomic E-state index is -1.10. The number of carbonyl (C=O) groups is 3. The number of halogens is 1. The van der Waals surface area contributed by atoms with Gasteiger partial charge in [0.2, 0.25) is 0 Å². The molecule has 4 rings (SSSR count). The Bertz CT molecular complexity index is 1350. The third-order valence-corrected chi connectivity index (χ3v) is 5.46. The van der Waals surface area contributed by atoms with E-state index in [1.54, 1.807) is 55.5 Å². The van der Waals surface area contributed by atoms with Crippen LogP contribution in [0.3, 0.4) is 0 Å². The Morgan fingerprint density at radius 1 is 1.15 bits per heavy atom. The standard InChI is InChI=1S/C24H17BrN2O6/c1-13-19(22(28)27(26-13)16-5-3-4-14(10-16)23(29)30)12-17-7-9-21(33-17)18-8-6-15(25)11-20(18)24(31)32-2/h3-12H,1-2H3,(H,29,30)/b19-12-. The summed E-state index contributed by atoms with van der Waals surface area (Å²) in [6.45, 7) is 1.68. The average molecular weight is 509 g/mol. The summed E-state index contributed by atoms with van der Waals surface area (Å²) >= 11 is 3.34. The van der Waals surface area contributed by atoms with E-state index in [4.69, 9.17) is 9.15 Å². The number of nitrogens with zero attached hydrogens (tertiary/aromatic N) is 2. The molecule has 0 spiro atoms. The second-order valence-electron chi connectivity index (χ2n) is 7.10. The van der Waals surface area contributed by atoms with Gasteiger partial charge in [-0.15, -0.1) is 0 Å². The Morgan fingerprint density at radius 3 is 2.67 bits per heavy atom. The number of hydrazone groups is 1. The lowest BCUT2D eigenvalue weighted by Gasteiger charge is -2.12. The molecule has 2 aromatic carbocycles. The summed E-state index contributed by atoms with van der Waals surface area (Å²) in [5.41, 5.74) is 2.04. The maximum absolute atomic E-state index is 13.0. The molecule has 33 heavy (non-hydrogen) atoms. The number of benzene rings is 2. The topological polar surface area (TPSA) is 109 Å². The van der Waals surface area contributed by atoms with Gasteiger partial charge in [0.25, 0.3) is 5.91 Å². The molecule has 0 saturated carbocycles. The number of hydrogen-bond acceptors (Lipinski definition) is 6. The lowest BCUT2D eigenvalue weighted by Crippen LogP contribution is -2.21. The maximum atomic E-state index is 13.0. The predicted octanol–water partition coefficient (Wildman–Crippen LogP) is 5.00. The highest BCUT2D eigenvalue weighted by atomic mass is 79.9. The van der Waals surface area contributed by atoms with Crippen LogP contribution in [0.5, 0.6) is 0 Å². The molecule has 0 radical (unpaired) electrons. The molecule has 1 amide bonds. The Labute approximate surface area is 196 Å². The maximum Gasteiger partial charge on any atom is 0.338 e. The van der Waals surface area contributed by atoms with Crippen LogP contribution in [0, 0.1) is 0 Å². The first-order chi connectivity index (χ1) is 15.8. The van der Waals surface area contributed by atoms with Gasteiger partial charge in [-0.3, -0.25) is 4.79 Å². The summed E-state index contributed by atoms with van der Waals surface area (Å²) in [6.07, 6.45) is 1.56. The fraction of sp³-hybridized carbons (Fsp3) is 0.0833. The number of carboxylic acid groups (broad SMARTS) is 1. The van der Waals surface area contributed by atoms with Crippen LogP contribution in [-0.4, -0.2) is 35.8 Å². The molecule has 0 unspecified atom stereocenters. The SMILES string of the molecule is COC(=O)c1cc(Br)ccc1-c1ccc(/C=C2\C(=O)N(c3cccc(C(=O)O)c3)N=C2C)o1. The number of methoxy groups -OCH3 is 1. The lowest BCUT2D eigenvalue weighted by atomic mass is 10.1. The first-order valence-electron chi connectivity index (χ1n) is 9.71. The quantitative estimate of drug-likeness (QED) is 0.383. The van der Waals surface area contributed by atoms with Gasteiger partial charge in [-0.05, 0) is 61.5 Å². The number of furan rings is 1. The second-order valence-corrected chi connectivity index (χ2v) is 8.02. The van der Waals surface area contributed by atoms with E-state index >= 15 is 0 Å². The highest BCUT2D eigenvalue weighted by molar-refractivity contribution is 9.10. The van der Waals surface area contributed by atoms with Gasteiger partial charge in [0.1, 0.15) is 11.5 Å². The van der Waals surface area contributed by atoms with E-state index in [0.29, 0.717) is 39.6 Å². The van der Waals surface area contributed by atoms with Crippen molar-refractivity contribution in [3.63, 3.8) is 0 Å². The Balaban J connectivity index is 1.65. The molecule has 9 heteroatoms. The number of carboxylic acids is 1. The molecule has 3 aromatic rings. The van der Waals surface area contributed by atoms with Crippen LogP contribution in [0.15, 0.2) is 74.2 Å². The normalized spacial score (nSPS) is 14.5. The van der Waals surface area contributed by atoms with E-state index in [0.717, 1.165) is 9.48 Å². The molecule has 0 fully saturated rings. The first-order valence-corrected chi connectivity index (χ1v) is 10.5. The van der Waals surface area contributed by atoms with Crippen molar-refractivity contribution in [2.75, 3.05) is 12.1 Å². The van der Waals surface area contributed by atoms with Gasteiger partial charge in [-0.2, -0.15) is 10.1 Å². The molecular formula is C24H17BrN2O6. The molecule has 0 aliphatic carbocycles. The average Bonchev–Trinajstić information content (AvgIpc) is 3.38.